The van der Waals surface area contributed by atoms with Crippen LogP contribution in [0.5, 0.6) is 0 Å². The van der Waals surface area contributed by atoms with Crippen molar-refractivity contribution in [3.05, 3.63) is 39.2 Å². The second-order valence-corrected chi connectivity index (χ2v) is 3.59. The molecule has 13 heavy (non-hydrogen) atoms. The van der Waals surface area contributed by atoms with E-state index in [-0.39, 0.29) is 5.56 Å². The van der Waals surface area contributed by atoms with E-state index in [0.29, 0.717) is 5.65 Å². The van der Waals surface area contributed by atoms with Crippen LogP contribution in [0.4, 0.5) is 0 Å². The third kappa shape index (κ3) is 1.37. The first-order valence-electron chi connectivity index (χ1n) is 3.81. The Morgan fingerprint density at radius 3 is 2.77 bits per heavy atom. The summed E-state index contributed by atoms with van der Waals surface area (Å²) >= 11 is 3.26. The lowest BCUT2D eigenvalue weighted by molar-refractivity contribution is 0.886. The summed E-state index contributed by atoms with van der Waals surface area (Å²) in [7, 11) is 1.71. The minimum atomic E-state index is -0.0434. The first-order valence-corrected chi connectivity index (χ1v) is 4.60. The quantitative estimate of drug-likeness (QED) is 0.656. The number of pyridine rings is 2. The molecule has 0 atom stereocenters. The Kier molecular flexibility index (Phi) is 1.92. The minimum Gasteiger partial charge on any atom is -0.296 e. The van der Waals surface area contributed by atoms with E-state index in [1.165, 1.54) is 10.6 Å². The van der Waals surface area contributed by atoms with E-state index in [1.54, 1.807) is 13.1 Å². The third-order valence-electron chi connectivity index (χ3n) is 1.93. The maximum absolute atomic E-state index is 11.3. The Labute approximate surface area is 83.2 Å². The monoisotopic (exact) mass is 238 g/mol. The molecular formula is C9H7BrN2O. The lowest BCUT2D eigenvalue weighted by Gasteiger charge is -2.02. The fourth-order valence-electron chi connectivity index (χ4n) is 1.21. The Bertz CT molecular complexity index is 518. The van der Waals surface area contributed by atoms with Crippen LogP contribution in [-0.2, 0) is 7.05 Å². The van der Waals surface area contributed by atoms with Gasteiger partial charge in [0.25, 0.3) is 5.56 Å². The highest BCUT2D eigenvalue weighted by Gasteiger charge is 2.00. The maximum atomic E-state index is 11.3. The first kappa shape index (κ1) is 8.44. The molecule has 0 amide bonds. The summed E-state index contributed by atoms with van der Waals surface area (Å²) < 4.78 is 2.27. The maximum Gasteiger partial charge on any atom is 0.251 e. The van der Waals surface area contributed by atoms with Crippen LogP contribution >= 0.6 is 15.9 Å². The molecular weight excluding hydrogens is 232 g/mol. The van der Waals surface area contributed by atoms with Crippen LogP contribution < -0.4 is 5.56 Å². The van der Waals surface area contributed by atoms with Crippen LogP contribution in [0.25, 0.3) is 11.0 Å². The van der Waals surface area contributed by atoms with Gasteiger partial charge in [0.05, 0.1) is 0 Å². The molecule has 0 unspecified atom stereocenters. The van der Waals surface area contributed by atoms with Gasteiger partial charge in [0.2, 0.25) is 0 Å². The molecule has 0 aliphatic rings. The van der Waals surface area contributed by atoms with Gasteiger partial charge in [-0.15, -0.1) is 0 Å². The number of nitrogens with zero attached hydrogens (tertiary/aromatic N) is 2. The summed E-state index contributed by atoms with van der Waals surface area (Å²) in [5.74, 6) is 0. The fourth-order valence-corrected chi connectivity index (χ4v) is 1.51. The highest BCUT2D eigenvalue weighted by atomic mass is 79.9. The van der Waals surface area contributed by atoms with E-state index in [4.69, 9.17) is 0 Å². The summed E-state index contributed by atoms with van der Waals surface area (Å²) in [5, 5.41) is 0.963. The zero-order valence-electron chi connectivity index (χ0n) is 6.99. The van der Waals surface area contributed by atoms with Gasteiger partial charge in [0, 0.05) is 18.5 Å². The Hall–Kier alpha value is -1.16. The van der Waals surface area contributed by atoms with Crippen LogP contribution in [0, 0.1) is 0 Å². The average molecular weight is 239 g/mol. The van der Waals surface area contributed by atoms with E-state index in [2.05, 4.69) is 20.9 Å². The van der Waals surface area contributed by atoms with E-state index in [1.807, 2.05) is 12.1 Å². The number of hydrogen-bond acceptors (Lipinski definition) is 2. The van der Waals surface area contributed by atoms with Crippen molar-refractivity contribution in [3.8, 4) is 0 Å². The normalized spacial score (nSPS) is 10.6. The zero-order chi connectivity index (χ0) is 9.42. The Morgan fingerprint density at radius 1 is 1.31 bits per heavy atom. The average Bonchev–Trinajstić information content (AvgIpc) is 2.12. The van der Waals surface area contributed by atoms with Gasteiger partial charge < -0.3 is 0 Å². The summed E-state index contributed by atoms with van der Waals surface area (Å²) in [6.07, 6.45) is 0. The molecule has 0 saturated carbocycles. The van der Waals surface area contributed by atoms with Crippen molar-refractivity contribution >= 4 is 27.0 Å². The van der Waals surface area contributed by atoms with Crippen molar-refractivity contribution in [3.63, 3.8) is 0 Å². The molecule has 0 spiro atoms. The lowest BCUT2D eigenvalue weighted by atomic mass is 10.3. The van der Waals surface area contributed by atoms with Crippen LogP contribution in [0.1, 0.15) is 0 Å². The lowest BCUT2D eigenvalue weighted by Crippen LogP contribution is -2.15. The smallest absolute Gasteiger partial charge is 0.251 e. The third-order valence-corrected chi connectivity index (χ3v) is 2.37. The SMILES string of the molecule is Cn1c(=O)ccc2ccc(Br)nc21. The highest BCUT2D eigenvalue weighted by molar-refractivity contribution is 9.10. The van der Waals surface area contributed by atoms with Gasteiger partial charge in [-0.2, -0.15) is 0 Å². The summed E-state index contributed by atoms with van der Waals surface area (Å²) in [6.45, 7) is 0. The molecule has 0 radical (unpaired) electrons. The van der Waals surface area contributed by atoms with Gasteiger partial charge in [-0.3, -0.25) is 9.36 Å². The topological polar surface area (TPSA) is 34.9 Å². The van der Waals surface area contributed by atoms with Crippen LogP contribution in [-0.4, -0.2) is 9.55 Å². The number of hydrogen-bond donors (Lipinski definition) is 0. The van der Waals surface area contributed by atoms with E-state index in [9.17, 15) is 4.79 Å². The molecule has 0 aliphatic carbocycles. The van der Waals surface area contributed by atoms with Crippen molar-refractivity contribution < 1.29 is 0 Å². The number of aromatic nitrogens is 2. The molecule has 0 fully saturated rings. The van der Waals surface area contributed by atoms with Gasteiger partial charge in [-0.05, 0) is 34.1 Å². The predicted octanol–water partition coefficient (Wildman–Crippen LogP) is 1.70. The van der Waals surface area contributed by atoms with Crippen molar-refractivity contribution in [2.75, 3.05) is 0 Å². The number of halogens is 1. The summed E-state index contributed by atoms with van der Waals surface area (Å²) in [6, 6.07) is 7.09. The van der Waals surface area contributed by atoms with Crippen molar-refractivity contribution in [1.82, 2.24) is 9.55 Å². The second-order valence-electron chi connectivity index (χ2n) is 2.78. The van der Waals surface area contributed by atoms with Crippen LogP contribution in [0.2, 0.25) is 0 Å². The molecule has 0 N–H and O–H groups in total. The van der Waals surface area contributed by atoms with Gasteiger partial charge in [0.15, 0.2) is 0 Å². The molecule has 66 valence electrons. The highest BCUT2D eigenvalue weighted by Crippen LogP contribution is 2.12. The van der Waals surface area contributed by atoms with Crippen molar-refractivity contribution in [2.24, 2.45) is 7.05 Å². The number of rotatable bonds is 0. The molecule has 4 heteroatoms. The molecule has 0 saturated heterocycles. The van der Waals surface area contributed by atoms with Gasteiger partial charge in [-0.1, -0.05) is 0 Å². The van der Waals surface area contributed by atoms with Crippen molar-refractivity contribution in [1.29, 1.82) is 0 Å². The molecule has 0 aromatic carbocycles. The van der Waals surface area contributed by atoms with Crippen LogP contribution in [0.15, 0.2) is 33.7 Å². The number of fused-ring (bicyclic) bond motifs is 1. The van der Waals surface area contributed by atoms with E-state index < -0.39 is 0 Å². The molecule has 0 bridgehead atoms. The molecule has 2 heterocycles. The first-order chi connectivity index (χ1) is 6.18. The van der Waals surface area contributed by atoms with Crippen molar-refractivity contribution in [2.45, 2.75) is 0 Å². The molecule has 2 aromatic heterocycles. The Balaban J connectivity index is 2.97. The molecule has 2 aromatic rings. The van der Waals surface area contributed by atoms with Gasteiger partial charge in [0.1, 0.15) is 10.3 Å². The molecule has 2 rings (SSSR count). The standard InChI is InChI=1S/C9H7BrN2O/c1-12-8(13)5-3-6-2-4-7(10)11-9(6)12/h2-5H,1H3. The van der Waals surface area contributed by atoms with Gasteiger partial charge >= 0.3 is 0 Å². The predicted molar refractivity (Wildman–Crippen MR) is 54.7 cm³/mol. The minimum absolute atomic E-state index is 0.0434. The van der Waals surface area contributed by atoms with Gasteiger partial charge in [-0.25, -0.2) is 4.98 Å². The fraction of sp³-hybridized carbons (Fsp3) is 0.111. The molecule has 3 nitrogen and oxygen atoms in total. The second kappa shape index (κ2) is 2.96. The summed E-state index contributed by atoms with van der Waals surface area (Å²) in [4.78, 5) is 15.5. The summed E-state index contributed by atoms with van der Waals surface area (Å²) in [5.41, 5.74) is 0.653. The number of aryl methyl sites for hydroxylation is 1. The van der Waals surface area contributed by atoms with Crippen LogP contribution in [0.3, 0.4) is 0 Å². The van der Waals surface area contributed by atoms with E-state index >= 15 is 0 Å². The zero-order valence-corrected chi connectivity index (χ0v) is 8.58. The van der Waals surface area contributed by atoms with E-state index in [0.717, 1.165) is 9.99 Å². The molecule has 0 aliphatic heterocycles. The largest absolute Gasteiger partial charge is 0.296 e. The Morgan fingerprint density at radius 2 is 2.00 bits per heavy atom.